The summed E-state index contributed by atoms with van der Waals surface area (Å²) in [6.45, 7) is 3.24. The number of halogens is 1. The SMILES string of the molecule is CCOc1cc2ncnc(Nc3ccc(OCc4ncccc4O)cc3Cl)c2cc1NC(=O)CCCN(C)C. The van der Waals surface area contributed by atoms with E-state index in [1.807, 2.05) is 25.9 Å². The van der Waals surface area contributed by atoms with Crippen molar-refractivity contribution in [2.75, 3.05) is 37.9 Å². The first-order valence-electron chi connectivity index (χ1n) is 12.5. The molecule has 10 nitrogen and oxygen atoms in total. The maximum Gasteiger partial charge on any atom is 0.224 e. The number of anilines is 3. The number of hydrogen-bond donors (Lipinski definition) is 3. The summed E-state index contributed by atoms with van der Waals surface area (Å²) < 4.78 is 11.5. The standard InChI is InChI=1S/C28H31ClN6O4/c1-4-38-26-15-22-19(14-23(26)33-27(37)8-6-12-35(2)3)28(32-17-31-22)34-21-10-9-18(13-20(21)29)39-16-24-25(36)7-5-11-30-24/h5,7,9-11,13-15,17,36H,4,6,8,12,16H2,1-3H3,(H,33,37)(H,31,32,34). The van der Waals surface area contributed by atoms with E-state index in [9.17, 15) is 9.90 Å². The van der Waals surface area contributed by atoms with Crippen molar-refractivity contribution in [2.45, 2.75) is 26.4 Å². The number of carbonyl (C=O) groups is 1. The molecule has 0 spiro atoms. The van der Waals surface area contributed by atoms with Crippen molar-refractivity contribution in [1.29, 1.82) is 0 Å². The summed E-state index contributed by atoms with van der Waals surface area (Å²) in [4.78, 5) is 27.6. The molecule has 11 heteroatoms. The van der Waals surface area contributed by atoms with Gasteiger partial charge in [0.15, 0.2) is 0 Å². The highest BCUT2D eigenvalue weighted by molar-refractivity contribution is 6.33. The molecule has 3 N–H and O–H groups in total. The van der Waals surface area contributed by atoms with Crippen LogP contribution < -0.4 is 20.1 Å². The molecule has 0 saturated carbocycles. The van der Waals surface area contributed by atoms with E-state index in [0.717, 1.165) is 13.0 Å². The molecule has 204 valence electrons. The number of benzene rings is 2. The lowest BCUT2D eigenvalue weighted by atomic mass is 10.1. The Hall–Kier alpha value is -4.15. The lowest BCUT2D eigenvalue weighted by Crippen LogP contribution is -2.17. The van der Waals surface area contributed by atoms with Crippen LogP contribution >= 0.6 is 11.6 Å². The van der Waals surface area contributed by atoms with Gasteiger partial charge in [-0.2, -0.15) is 0 Å². The summed E-state index contributed by atoms with van der Waals surface area (Å²) in [5.74, 6) is 1.54. The quantitative estimate of drug-likeness (QED) is 0.213. The second-order valence-corrected chi connectivity index (χ2v) is 9.41. The van der Waals surface area contributed by atoms with Crippen molar-refractivity contribution >= 4 is 45.6 Å². The molecule has 2 aromatic carbocycles. The number of fused-ring (bicyclic) bond motifs is 1. The van der Waals surface area contributed by atoms with Crippen LogP contribution in [0.25, 0.3) is 10.9 Å². The van der Waals surface area contributed by atoms with Gasteiger partial charge in [-0.05, 0) is 64.3 Å². The molecule has 1 amide bonds. The number of aromatic nitrogens is 3. The molecule has 2 aromatic heterocycles. The number of aromatic hydroxyl groups is 1. The number of amides is 1. The summed E-state index contributed by atoms with van der Waals surface area (Å²) in [7, 11) is 3.95. The van der Waals surface area contributed by atoms with Crippen LogP contribution in [0.4, 0.5) is 17.2 Å². The molecule has 4 aromatic rings. The van der Waals surface area contributed by atoms with Gasteiger partial charge in [-0.25, -0.2) is 9.97 Å². The second kappa shape index (κ2) is 13.1. The van der Waals surface area contributed by atoms with Gasteiger partial charge in [0.25, 0.3) is 0 Å². The van der Waals surface area contributed by atoms with E-state index < -0.39 is 0 Å². The van der Waals surface area contributed by atoms with Crippen LogP contribution in [0.3, 0.4) is 0 Å². The zero-order chi connectivity index (χ0) is 27.8. The summed E-state index contributed by atoms with van der Waals surface area (Å²) in [6.07, 6.45) is 4.17. The summed E-state index contributed by atoms with van der Waals surface area (Å²) in [5.41, 5.74) is 2.22. The number of carbonyl (C=O) groups excluding carboxylic acids is 1. The van der Waals surface area contributed by atoms with Gasteiger partial charge in [0.2, 0.25) is 5.91 Å². The Balaban J connectivity index is 1.54. The predicted octanol–water partition coefficient (Wildman–Crippen LogP) is 5.39. The van der Waals surface area contributed by atoms with E-state index in [1.54, 1.807) is 48.7 Å². The fraction of sp³-hybridized carbons (Fsp3) is 0.286. The summed E-state index contributed by atoms with van der Waals surface area (Å²) in [5, 5.41) is 17.2. The van der Waals surface area contributed by atoms with Gasteiger partial charge >= 0.3 is 0 Å². The van der Waals surface area contributed by atoms with Gasteiger partial charge in [0.05, 0.1) is 28.5 Å². The molecule has 4 rings (SSSR count). The fourth-order valence-corrected chi connectivity index (χ4v) is 4.05. The van der Waals surface area contributed by atoms with Gasteiger partial charge in [0.1, 0.15) is 41.7 Å². The van der Waals surface area contributed by atoms with E-state index >= 15 is 0 Å². The first-order chi connectivity index (χ1) is 18.8. The average Bonchev–Trinajstić information content (AvgIpc) is 2.90. The topological polar surface area (TPSA) is 122 Å². The molecule has 0 fully saturated rings. The van der Waals surface area contributed by atoms with Crippen molar-refractivity contribution in [3.05, 3.63) is 65.7 Å². The Kier molecular flexibility index (Phi) is 9.35. The molecule has 0 aliphatic carbocycles. The minimum Gasteiger partial charge on any atom is -0.506 e. The smallest absolute Gasteiger partial charge is 0.224 e. The molecular weight excluding hydrogens is 520 g/mol. The average molecular weight is 551 g/mol. The van der Waals surface area contributed by atoms with Crippen LogP contribution in [-0.2, 0) is 11.4 Å². The molecule has 39 heavy (non-hydrogen) atoms. The van der Waals surface area contributed by atoms with Crippen molar-refractivity contribution in [1.82, 2.24) is 19.9 Å². The van der Waals surface area contributed by atoms with Crippen molar-refractivity contribution in [3.63, 3.8) is 0 Å². The third kappa shape index (κ3) is 7.46. The van der Waals surface area contributed by atoms with Crippen LogP contribution in [-0.4, -0.2) is 58.1 Å². The number of rotatable bonds is 12. The maximum atomic E-state index is 12.6. The Bertz CT molecular complexity index is 1450. The predicted molar refractivity (Wildman–Crippen MR) is 152 cm³/mol. The molecule has 0 aliphatic rings. The van der Waals surface area contributed by atoms with Crippen LogP contribution in [0.1, 0.15) is 25.5 Å². The second-order valence-electron chi connectivity index (χ2n) is 9.00. The monoisotopic (exact) mass is 550 g/mol. The summed E-state index contributed by atoms with van der Waals surface area (Å²) in [6, 6.07) is 12.0. The number of pyridine rings is 1. The molecular formula is C28H31ClN6O4. The summed E-state index contributed by atoms with van der Waals surface area (Å²) >= 11 is 6.55. The third-order valence-corrected chi connectivity index (χ3v) is 6.07. The van der Waals surface area contributed by atoms with E-state index in [4.69, 9.17) is 21.1 Å². The van der Waals surface area contributed by atoms with Gasteiger partial charge in [-0.15, -0.1) is 0 Å². The minimum absolute atomic E-state index is 0.0640. The zero-order valence-electron chi connectivity index (χ0n) is 22.1. The van der Waals surface area contributed by atoms with Gasteiger partial charge < -0.3 is 30.1 Å². The van der Waals surface area contributed by atoms with E-state index in [1.165, 1.54) is 6.33 Å². The molecule has 2 heterocycles. The van der Waals surface area contributed by atoms with Crippen LogP contribution in [0.2, 0.25) is 5.02 Å². The Morgan fingerprint density at radius 1 is 1.08 bits per heavy atom. The van der Waals surface area contributed by atoms with Crippen LogP contribution in [0.5, 0.6) is 17.2 Å². The molecule has 0 radical (unpaired) electrons. The highest BCUT2D eigenvalue weighted by Crippen LogP contribution is 2.35. The normalized spacial score (nSPS) is 11.0. The van der Waals surface area contributed by atoms with Crippen molar-refractivity contribution < 1.29 is 19.4 Å². The fourth-order valence-electron chi connectivity index (χ4n) is 3.83. The van der Waals surface area contributed by atoms with Crippen LogP contribution in [0, 0.1) is 0 Å². The molecule has 0 saturated heterocycles. The largest absolute Gasteiger partial charge is 0.506 e. The lowest BCUT2D eigenvalue weighted by molar-refractivity contribution is -0.116. The lowest BCUT2D eigenvalue weighted by Gasteiger charge is -2.16. The number of ether oxygens (including phenoxy) is 2. The Morgan fingerprint density at radius 3 is 2.67 bits per heavy atom. The van der Waals surface area contributed by atoms with Crippen molar-refractivity contribution in [2.24, 2.45) is 0 Å². The van der Waals surface area contributed by atoms with Crippen molar-refractivity contribution in [3.8, 4) is 17.2 Å². The van der Waals surface area contributed by atoms with E-state index in [2.05, 4.69) is 25.6 Å². The minimum atomic E-state index is -0.0961. The number of hydrogen-bond acceptors (Lipinski definition) is 9. The first kappa shape index (κ1) is 27.9. The number of nitrogens with one attached hydrogen (secondary N) is 2. The highest BCUT2D eigenvalue weighted by Gasteiger charge is 2.15. The third-order valence-electron chi connectivity index (χ3n) is 5.76. The van der Waals surface area contributed by atoms with Gasteiger partial charge in [0, 0.05) is 30.1 Å². The molecule has 0 atom stereocenters. The van der Waals surface area contributed by atoms with Crippen LogP contribution in [0.15, 0.2) is 55.0 Å². The molecule has 0 aliphatic heterocycles. The first-order valence-corrected chi connectivity index (χ1v) is 12.9. The van der Waals surface area contributed by atoms with E-state index in [-0.39, 0.29) is 18.3 Å². The Labute approximate surface area is 232 Å². The molecule has 0 bridgehead atoms. The zero-order valence-corrected chi connectivity index (χ0v) is 22.8. The Morgan fingerprint density at radius 2 is 1.92 bits per heavy atom. The van der Waals surface area contributed by atoms with E-state index in [0.29, 0.717) is 63.3 Å². The van der Waals surface area contributed by atoms with Gasteiger partial charge in [-0.1, -0.05) is 11.6 Å². The maximum absolute atomic E-state index is 12.6. The number of nitrogens with zero attached hydrogens (tertiary/aromatic N) is 4. The molecule has 0 unspecified atom stereocenters. The van der Waals surface area contributed by atoms with Gasteiger partial charge in [-0.3, -0.25) is 9.78 Å². The highest BCUT2D eigenvalue weighted by atomic mass is 35.5.